The number of aryl methyl sites for hydroxylation is 1. The third-order valence-corrected chi connectivity index (χ3v) is 5.85. The van der Waals surface area contributed by atoms with Crippen molar-refractivity contribution in [3.05, 3.63) is 29.8 Å². The second kappa shape index (κ2) is 11.3. The van der Waals surface area contributed by atoms with Crippen LogP contribution in [0.3, 0.4) is 0 Å². The fourth-order valence-electron chi connectivity index (χ4n) is 2.94. The number of hydrogen-bond donors (Lipinski definition) is 2. The maximum atomic E-state index is 5.78. The molecule has 26 heavy (non-hydrogen) atoms. The van der Waals surface area contributed by atoms with E-state index in [0.717, 1.165) is 63.2 Å². The van der Waals surface area contributed by atoms with Gasteiger partial charge in [0.2, 0.25) is 0 Å². The molecular formula is C20H33N3O2S. The van der Waals surface area contributed by atoms with Crippen molar-refractivity contribution in [3.8, 4) is 5.75 Å². The van der Waals surface area contributed by atoms with E-state index in [-0.39, 0.29) is 4.75 Å². The third kappa shape index (κ3) is 7.08. The number of nitrogens with zero attached hydrogens (tertiary/aromatic N) is 1. The van der Waals surface area contributed by atoms with Crippen LogP contribution in [-0.2, 0) is 4.74 Å². The Morgan fingerprint density at radius 3 is 2.58 bits per heavy atom. The van der Waals surface area contributed by atoms with Gasteiger partial charge >= 0.3 is 0 Å². The van der Waals surface area contributed by atoms with Gasteiger partial charge in [-0.15, -0.1) is 0 Å². The molecule has 0 bridgehead atoms. The topological polar surface area (TPSA) is 54.9 Å². The van der Waals surface area contributed by atoms with Gasteiger partial charge < -0.3 is 20.1 Å². The Morgan fingerprint density at radius 2 is 1.92 bits per heavy atom. The van der Waals surface area contributed by atoms with Crippen molar-refractivity contribution in [1.82, 2.24) is 10.6 Å². The molecule has 146 valence electrons. The molecule has 1 aliphatic rings. The van der Waals surface area contributed by atoms with Gasteiger partial charge in [-0.2, -0.15) is 11.8 Å². The van der Waals surface area contributed by atoms with Crippen LogP contribution in [0.25, 0.3) is 0 Å². The molecule has 0 amide bonds. The fourth-order valence-corrected chi connectivity index (χ4v) is 4.16. The second-order valence-corrected chi connectivity index (χ2v) is 8.24. The molecule has 1 aliphatic heterocycles. The van der Waals surface area contributed by atoms with Gasteiger partial charge in [0.1, 0.15) is 12.4 Å². The normalized spacial score (nSPS) is 17.0. The predicted octanol–water partition coefficient (Wildman–Crippen LogP) is 3.23. The lowest BCUT2D eigenvalue weighted by molar-refractivity contribution is 0.0793. The van der Waals surface area contributed by atoms with Crippen LogP contribution in [0.2, 0.25) is 0 Å². The molecule has 0 unspecified atom stereocenters. The Bertz CT molecular complexity index is 537. The number of ether oxygens (including phenoxy) is 2. The standard InChI is InChI=1S/C20H33N3O2S/c1-4-21-19(22-12-15-25-18-8-6-17(3)7-9-18)23-16-20(26-5-2)10-13-24-14-11-20/h6-9H,4-5,10-16H2,1-3H3,(H2,21,22,23). The van der Waals surface area contributed by atoms with Crippen LogP contribution in [0.1, 0.15) is 32.3 Å². The third-order valence-electron chi connectivity index (χ3n) is 4.41. The van der Waals surface area contributed by atoms with Gasteiger partial charge in [0, 0.05) is 24.5 Å². The summed E-state index contributed by atoms with van der Waals surface area (Å²) in [5.41, 5.74) is 1.24. The molecule has 0 aliphatic carbocycles. The van der Waals surface area contributed by atoms with Gasteiger partial charge in [-0.05, 0) is 44.6 Å². The van der Waals surface area contributed by atoms with E-state index in [9.17, 15) is 0 Å². The van der Waals surface area contributed by atoms with Gasteiger partial charge in [-0.1, -0.05) is 24.6 Å². The van der Waals surface area contributed by atoms with E-state index in [2.05, 4.69) is 43.5 Å². The first-order chi connectivity index (χ1) is 12.7. The average molecular weight is 380 g/mol. The fraction of sp³-hybridized carbons (Fsp3) is 0.650. The average Bonchev–Trinajstić information content (AvgIpc) is 2.65. The van der Waals surface area contributed by atoms with Crippen LogP contribution in [0.5, 0.6) is 5.75 Å². The van der Waals surface area contributed by atoms with Crippen LogP contribution >= 0.6 is 11.8 Å². The number of hydrogen-bond acceptors (Lipinski definition) is 4. The highest BCUT2D eigenvalue weighted by Crippen LogP contribution is 2.35. The minimum atomic E-state index is 0.216. The number of benzene rings is 1. The highest BCUT2D eigenvalue weighted by molar-refractivity contribution is 8.00. The van der Waals surface area contributed by atoms with Crippen molar-refractivity contribution in [2.75, 3.05) is 45.2 Å². The minimum Gasteiger partial charge on any atom is -0.492 e. The maximum absolute atomic E-state index is 5.78. The molecule has 2 N–H and O–H groups in total. The molecular weight excluding hydrogens is 346 g/mol. The first-order valence-corrected chi connectivity index (χ1v) is 10.6. The summed E-state index contributed by atoms with van der Waals surface area (Å²) in [5.74, 6) is 2.88. The molecule has 0 saturated carbocycles. The zero-order valence-corrected chi connectivity index (χ0v) is 17.2. The number of nitrogens with one attached hydrogen (secondary N) is 2. The molecule has 6 heteroatoms. The molecule has 0 radical (unpaired) electrons. The molecule has 1 fully saturated rings. The quantitative estimate of drug-likeness (QED) is 0.392. The molecule has 1 saturated heterocycles. The van der Waals surface area contributed by atoms with Gasteiger partial charge in [0.15, 0.2) is 5.96 Å². The zero-order chi connectivity index (χ0) is 18.7. The van der Waals surface area contributed by atoms with E-state index in [0.29, 0.717) is 6.61 Å². The lowest BCUT2D eigenvalue weighted by Crippen LogP contribution is -2.42. The summed E-state index contributed by atoms with van der Waals surface area (Å²) >= 11 is 2.02. The number of thioether (sulfide) groups is 1. The van der Waals surface area contributed by atoms with Crippen molar-refractivity contribution >= 4 is 17.7 Å². The summed E-state index contributed by atoms with van der Waals surface area (Å²) in [7, 11) is 0. The summed E-state index contributed by atoms with van der Waals surface area (Å²) in [4.78, 5) is 4.85. The van der Waals surface area contributed by atoms with Gasteiger partial charge in [0.25, 0.3) is 0 Å². The van der Waals surface area contributed by atoms with Crippen LogP contribution in [-0.4, -0.2) is 55.9 Å². The SMILES string of the molecule is CCNC(=NCC1(SCC)CCOCC1)NCCOc1ccc(C)cc1. The van der Waals surface area contributed by atoms with Gasteiger partial charge in [0.05, 0.1) is 13.1 Å². The highest BCUT2D eigenvalue weighted by atomic mass is 32.2. The molecule has 1 heterocycles. The van der Waals surface area contributed by atoms with Crippen LogP contribution in [0.4, 0.5) is 0 Å². The summed E-state index contributed by atoms with van der Waals surface area (Å²) < 4.78 is 11.5. The zero-order valence-electron chi connectivity index (χ0n) is 16.3. The maximum Gasteiger partial charge on any atom is 0.191 e. The molecule has 0 atom stereocenters. The molecule has 0 spiro atoms. The van der Waals surface area contributed by atoms with E-state index in [4.69, 9.17) is 14.5 Å². The Balaban J connectivity index is 1.82. The van der Waals surface area contributed by atoms with E-state index in [1.807, 2.05) is 23.9 Å². The summed E-state index contributed by atoms with van der Waals surface area (Å²) in [5, 5.41) is 6.71. The van der Waals surface area contributed by atoms with Crippen LogP contribution < -0.4 is 15.4 Å². The van der Waals surface area contributed by atoms with E-state index in [1.54, 1.807) is 0 Å². The lowest BCUT2D eigenvalue weighted by Gasteiger charge is -2.35. The smallest absolute Gasteiger partial charge is 0.191 e. The van der Waals surface area contributed by atoms with Crippen molar-refractivity contribution in [2.45, 2.75) is 38.4 Å². The van der Waals surface area contributed by atoms with Crippen LogP contribution in [0, 0.1) is 6.92 Å². The first-order valence-electron chi connectivity index (χ1n) is 9.61. The number of guanidine groups is 1. The van der Waals surface area contributed by atoms with Crippen molar-refractivity contribution in [2.24, 2.45) is 4.99 Å². The highest BCUT2D eigenvalue weighted by Gasteiger charge is 2.32. The van der Waals surface area contributed by atoms with Crippen molar-refractivity contribution in [1.29, 1.82) is 0 Å². The van der Waals surface area contributed by atoms with Crippen LogP contribution in [0.15, 0.2) is 29.3 Å². The minimum absolute atomic E-state index is 0.216. The van der Waals surface area contributed by atoms with Crippen molar-refractivity contribution < 1.29 is 9.47 Å². The lowest BCUT2D eigenvalue weighted by atomic mass is 9.99. The number of aliphatic imine (C=N–C) groups is 1. The Kier molecular flexibility index (Phi) is 9.12. The van der Waals surface area contributed by atoms with Gasteiger partial charge in [-0.3, -0.25) is 4.99 Å². The largest absolute Gasteiger partial charge is 0.492 e. The molecule has 1 aromatic carbocycles. The summed E-state index contributed by atoms with van der Waals surface area (Å²) in [6, 6.07) is 8.14. The van der Waals surface area contributed by atoms with Crippen molar-refractivity contribution in [3.63, 3.8) is 0 Å². The molecule has 0 aromatic heterocycles. The first kappa shape index (κ1) is 20.9. The monoisotopic (exact) mass is 379 g/mol. The van der Waals surface area contributed by atoms with E-state index >= 15 is 0 Å². The summed E-state index contributed by atoms with van der Waals surface area (Å²) in [6.45, 7) is 11.1. The molecule has 5 nitrogen and oxygen atoms in total. The predicted molar refractivity (Wildman–Crippen MR) is 112 cm³/mol. The molecule has 1 aromatic rings. The van der Waals surface area contributed by atoms with E-state index in [1.165, 1.54) is 5.56 Å². The Hall–Kier alpha value is -1.40. The summed E-state index contributed by atoms with van der Waals surface area (Å²) in [6.07, 6.45) is 2.15. The van der Waals surface area contributed by atoms with E-state index < -0.39 is 0 Å². The van der Waals surface area contributed by atoms with Gasteiger partial charge in [-0.25, -0.2) is 0 Å². The Morgan fingerprint density at radius 1 is 1.19 bits per heavy atom. The molecule has 2 rings (SSSR count). The Labute approximate surface area is 162 Å². The second-order valence-electron chi connectivity index (χ2n) is 6.51. The number of rotatable bonds is 9.